The molecule has 0 saturated carbocycles. The number of nitrogens with zero attached hydrogens (tertiary/aromatic N) is 2. The minimum Gasteiger partial charge on any atom is -0.378 e. The fourth-order valence-corrected chi connectivity index (χ4v) is 3.50. The number of carbonyl (C=O) groups is 1. The highest BCUT2D eigenvalue weighted by molar-refractivity contribution is 6.05. The Labute approximate surface area is 128 Å². The zero-order valence-corrected chi connectivity index (χ0v) is 12.5. The standard InChI is InChI=1S/C16H19N3O3/c1-11-8-19(9-16(22-11)5-6-21-10-16)15(20)13-4-2-3-12-7-17-18-14(12)13/h2-4,7,11H,5-6,8-10H2,1H3,(H,17,18). The van der Waals surface area contributed by atoms with Crippen molar-refractivity contribution in [1.29, 1.82) is 0 Å². The van der Waals surface area contributed by atoms with Crippen LogP contribution in [0.15, 0.2) is 24.4 Å². The van der Waals surface area contributed by atoms with Crippen LogP contribution in [0.1, 0.15) is 23.7 Å². The lowest BCUT2D eigenvalue weighted by molar-refractivity contribution is -0.138. The highest BCUT2D eigenvalue weighted by Gasteiger charge is 2.44. The third-order valence-corrected chi connectivity index (χ3v) is 4.47. The zero-order valence-electron chi connectivity index (χ0n) is 12.5. The van der Waals surface area contributed by atoms with Crippen molar-refractivity contribution in [2.45, 2.75) is 25.0 Å². The lowest BCUT2D eigenvalue weighted by atomic mass is 9.98. The first-order valence-electron chi connectivity index (χ1n) is 7.64. The largest absolute Gasteiger partial charge is 0.378 e. The first-order valence-corrected chi connectivity index (χ1v) is 7.64. The topological polar surface area (TPSA) is 67.5 Å². The Kier molecular flexibility index (Phi) is 3.16. The number of nitrogens with one attached hydrogen (secondary N) is 1. The Morgan fingerprint density at radius 1 is 1.50 bits per heavy atom. The van der Waals surface area contributed by atoms with Crippen LogP contribution >= 0.6 is 0 Å². The molecule has 6 nitrogen and oxygen atoms in total. The molecule has 2 fully saturated rings. The number of H-pyrrole nitrogens is 1. The van der Waals surface area contributed by atoms with Gasteiger partial charge in [-0.3, -0.25) is 9.89 Å². The van der Waals surface area contributed by atoms with Crippen LogP contribution < -0.4 is 0 Å². The summed E-state index contributed by atoms with van der Waals surface area (Å²) < 4.78 is 11.6. The SMILES string of the molecule is CC1CN(C(=O)c2cccc3cn[nH]c23)CC2(CCOC2)O1. The van der Waals surface area contributed by atoms with Gasteiger partial charge in [0, 0.05) is 25.0 Å². The van der Waals surface area contributed by atoms with E-state index in [1.807, 2.05) is 30.0 Å². The van der Waals surface area contributed by atoms with Gasteiger partial charge in [0.15, 0.2) is 0 Å². The summed E-state index contributed by atoms with van der Waals surface area (Å²) in [6, 6.07) is 5.69. The highest BCUT2D eigenvalue weighted by Crippen LogP contribution is 2.31. The first-order chi connectivity index (χ1) is 10.7. The summed E-state index contributed by atoms with van der Waals surface area (Å²) in [7, 11) is 0. The van der Waals surface area contributed by atoms with Gasteiger partial charge in [-0.25, -0.2) is 0 Å². The molecule has 2 aromatic rings. The van der Waals surface area contributed by atoms with Gasteiger partial charge in [0.05, 0.1) is 36.5 Å². The number of fused-ring (bicyclic) bond motifs is 1. The molecule has 4 rings (SSSR count). The van der Waals surface area contributed by atoms with Gasteiger partial charge in [-0.1, -0.05) is 12.1 Å². The van der Waals surface area contributed by atoms with E-state index in [0.717, 1.165) is 17.3 Å². The summed E-state index contributed by atoms with van der Waals surface area (Å²) in [5.41, 5.74) is 1.12. The number of ether oxygens (including phenoxy) is 2. The molecule has 2 aliphatic heterocycles. The van der Waals surface area contributed by atoms with Crippen LogP contribution in [0.4, 0.5) is 0 Å². The molecule has 1 aromatic carbocycles. The van der Waals surface area contributed by atoms with Crippen molar-refractivity contribution >= 4 is 16.8 Å². The molecule has 6 heteroatoms. The van der Waals surface area contributed by atoms with Gasteiger partial charge < -0.3 is 14.4 Å². The van der Waals surface area contributed by atoms with Crippen LogP contribution in [0.2, 0.25) is 0 Å². The molecule has 0 radical (unpaired) electrons. The number of aromatic nitrogens is 2. The molecule has 1 amide bonds. The van der Waals surface area contributed by atoms with E-state index in [4.69, 9.17) is 9.47 Å². The van der Waals surface area contributed by atoms with Crippen molar-refractivity contribution in [2.75, 3.05) is 26.3 Å². The van der Waals surface area contributed by atoms with Crippen LogP contribution in [0, 0.1) is 0 Å². The molecular weight excluding hydrogens is 282 g/mol. The van der Waals surface area contributed by atoms with Crippen molar-refractivity contribution < 1.29 is 14.3 Å². The summed E-state index contributed by atoms with van der Waals surface area (Å²) in [6.07, 6.45) is 2.59. The average molecular weight is 301 g/mol. The second-order valence-corrected chi connectivity index (χ2v) is 6.24. The van der Waals surface area contributed by atoms with Crippen molar-refractivity contribution in [3.8, 4) is 0 Å². The summed E-state index contributed by atoms with van der Waals surface area (Å²) in [4.78, 5) is 14.9. The second kappa shape index (κ2) is 5.07. The number of para-hydroxylation sites is 1. The number of aromatic amines is 1. The molecule has 2 atom stereocenters. The van der Waals surface area contributed by atoms with Gasteiger partial charge in [-0.2, -0.15) is 5.10 Å². The van der Waals surface area contributed by atoms with Crippen LogP contribution in [0.25, 0.3) is 10.9 Å². The lowest BCUT2D eigenvalue weighted by Gasteiger charge is -2.42. The third kappa shape index (κ3) is 2.19. The molecule has 0 bridgehead atoms. The van der Waals surface area contributed by atoms with Crippen molar-refractivity contribution in [1.82, 2.24) is 15.1 Å². The van der Waals surface area contributed by atoms with Gasteiger partial charge in [0.2, 0.25) is 0 Å². The van der Waals surface area contributed by atoms with E-state index in [2.05, 4.69) is 10.2 Å². The van der Waals surface area contributed by atoms with Crippen LogP contribution in [-0.2, 0) is 9.47 Å². The number of amides is 1. The molecule has 22 heavy (non-hydrogen) atoms. The van der Waals surface area contributed by atoms with E-state index in [0.29, 0.717) is 31.9 Å². The van der Waals surface area contributed by atoms with Gasteiger partial charge in [-0.15, -0.1) is 0 Å². The van der Waals surface area contributed by atoms with Gasteiger partial charge >= 0.3 is 0 Å². The Hall–Kier alpha value is -1.92. The van der Waals surface area contributed by atoms with Crippen LogP contribution in [0.5, 0.6) is 0 Å². The van der Waals surface area contributed by atoms with E-state index in [1.165, 1.54) is 0 Å². The Morgan fingerprint density at radius 3 is 3.23 bits per heavy atom. The van der Waals surface area contributed by atoms with Crippen LogP contribution in [-0.4, -0.2) is 59.0 Å². The highest BCUT2D eigenvalue weighted by atomic mass is 16.6. The van der Waals surface area contributed by atoms with E-state index in [-0.39, 0.29) is 17.6 Å². The third-order valence-electron chi connectivity index (χ3n) is 4.47. The number of hydrogen-bond acceptors (Lipinski definition) is 4. The molecular formula is C16H19N3O3. The zero-order chi connectivity index (χ0) is 15.2. The maximum Gasteiger partial charge on any atom is 0.256 e. The Bertz CT molecular complexity index is 705. The van der Waals surface area contributed by atoms with Crippen molar-refractivity contribution in [3.63, 3.8) is 0 Å². The fourth-order valence-electron chi connectivity index (χ4n) is 3.50. The number of rotatable bonds is 1. The Balaban J connectivity index is 1.65. The summed E-state index contributed by atoms with van der Waals surface area (Å²) in [6.45, 7) is 4.46. The monoisotopic (exact) mass is 301 g/mol. The summed E-state index contributed by atoms with van der Waals surface area (Å²) >= 11 is 0. The van der Waals surface area contributed by atoms with Crippen molar-refractivity contribution in [2.24, 2.45) is 0 Å². The number of carbonyl (C=O) groups excluding carboxylic acids is 1. The molecule has 1 N–H and O–H groups in total. The smallest absolute Gasteiger partial charge is 0.256 e. The Morgan fingerprint density at radius 2 is 2.41 bits per heavy atom. The molecule has 2 unspecified atom stereocenters. The minimum absolute atomic E-state index is 0.0142. The summed E-state index contributed by atoms with van der Waals surface area (Å²) in [5.74, 6) is 0.0243. The maximum absolute atomic E-state index is 13.0. The van der Waals surface area contributed by atoms with E-state index in [9.17, 15) is 4.79 Å². The quantitative estimate of drug-likeness (QED) is 0.868. The molecule has 116 valence electrons. The first kappa shape index (κ1) is 13.7. The number of hydrogen-bond donors (Lipinski definition) is 1. The second-order valence-electron chi connectivity index (χ2n) is 6.24. The summed E-state index contributed by atoms with van der Waals surface area (Å²) in [5, 5.41) is 7.91. The minimum atomic E-state index is -0.338. The lowest BCUT2D eigenvalue weighted by Crippen LogP contribution is -2.57. The fraction of sp³-hybridized carbons (Fsp3) is 0.500. The normalized spacial score (nSPS) is 28.6. The van der Waals surface area contributed by atoms with Gasteiger partial charge in [0.25, 0.3) is 5.91 Å². The molecule has 2 aliphatic rings. The predicted octanol–water partition coefficient (Wildman–Crippen LogP) is 1.58. The van der Waals surface area contributed by atoms with E-state index >= 15 is 0 Å². The van der Waals surface area contributed by atoms with E-state index < -0.39 is 0 Å². The van der Waals surface area contributed by atoms with Crippen LogP contribution in [0.3, 0.4) is 0 Å². The predicted molar refractivity (Wildman–Crippen MR) is 80.7 cm³/mol. The maximum atomic E-state index is 13.0. The van der Waals surface area contributed by atoms with Crippen molar-refractivity contribution in [3.05, 3.63) is 30.0 Å². The van der Waals surface area contributed by atoms with Gasteiger partial charge in [0.1, 0.15) is 5.60 Å². The van der Waals surface area contributed by atoms with E-state index in [1.54, 1.807) is 6.20 Å². The average Bonchev–Trinajstić information content (AvgIpc) is 3.14. The number of benzene rings is 1. The number of morpholine rings is 1. The van der Waals surface area contributed by atoms with Gasteiger partial charge in [-0.05, 0) is 13.0 Å². The molecule has 1 aromatic heterocycles. The molecule has 1 spiro atoms. The molecule has 2 saturated heterocycles. The molecule has 0 aliphatic carbocycles. The molecule has 3 heterocycles.